The Morgan fingerprint density at radius 2 is 1.95 bits per heavy atom. The molecule has 110 valence electrons. The summed E-state index contributed by atoms with van der Waals surface area (Å²) >= 11 is 0. The van der Waals surface area contributed by atoms with Crippen LogP contribution in [0.1, 0.15) is 41.3 Å². The number of anilines is 1. The third-order valence-corrected chi connectivity index (χ3v) is 4.19. The Labute approximate surface area is 120 Å². The van der Waals surface area contributed by atoms with Crippen molar-refractivity contribution in [2.45, 2.75) is 39.7 Å². The molecular weight excluding hydrogens is 252 g/mol. The number of nitrogens with two attached hydrogens (primary N) is 1. The first kappa shape index (κ1) is 14.9. The number of carbonyl (C=O) groups is 1. The maximum atomic E-state index is 12.4. The zero-order chi connectivity index (χ0) is 14.7. The number of benzene rings is 1. The summed E-state index contributed by atoms with van der Waals surface area (Å²) < 4.78 is 5.36. The van der Waals surface area contributed by atoms with Crippen LogP contribution in [0, 0.1) is 19.8 Å². The van der Waals surface area contributed by atoms with Crippen molar-refractivity contribution in [1.29, 1.82) is 0 Å². The van der Waals surface area contributed by atoms with E-state index in [1.807, 2.05) is 19.9 Å². The molecule has 1 aliphatic rings. The number of hydrogen-bond acceptors (Lipinski definition) is 3. The van der Waals surface area contributed by atoms with Crippen molar-refractivity contribution in [3.8, 4) is 0 Å². The third kappa shape index (κ3) is 3.31. The second kappa shape index (κ2) is 6.27. The van der Waals surface area contributed by atoms with Crippen LogP contribution < -0.4 is 11.1 Å². The number of ether oxygens (including phenoxy) is 1. The van der Waals surface area contributed by atoms with E-state index < -0.39 is 0 Å². The monoisotopic (exact) mass is 276 g/mol. The standard InChI is InChI=1S/C16H24N2O2/c1-10-8-11(2)15(17)9-14(10)16(19)18-12(3)13-4-6-20-7-5-13/h8-9,12-13H,4-7,17H2,1-3H3,(H,18,19). The Balaban J connectivity index is 2.06. The van der Waals surface area contributed by atoms with Crippen molar-refractivity contribution < 1.29 is 9.53 Å². The Morgan fingerprint density at radius 1 is 1.30 bits per heavy atom. The fourth-order valence-corrected chi connectivity index (χ4v) is 2.73. The highest BCUT2D eigenvalue weighted by Gasteiger charge is 2.22. The quantitative estimate of drug-likeness (QED) is 0.833. The number of rotatable bonds is 3. The van der Waals surface area contributed by atoms with Gasteiger partial charge in [0.15, 0.2) is 0 Å². The Kier molecular flexibility index (Phi) is 4.65. The van der Waals surface area contributed by atoms with Crippen LogP contribution in [0.25, 0.3) is 0 Å². The van der Waals surface area contributed by atoms with Gasteiger partial charge in [-0.3, -0.25) is 4.79 Å². The summed E-state index contributed by atoms with van der Waals surface area (Å²) in [6.45, 7) is 7.55. The van der Waals surface area contributed by atoms with Crippen molar-refractivity contribution in [3.63, 3.8) is 0 Å². The average molecular weight is 276 g/mol. The molecule has 0 radical (unpaired) electrons. The molecule has 4 nitrogen and oxygen atoms in total. The van der Waals surface area contributed by atoms with Gasteiger partial charge in [-0.1, -0.05) is 6.07 Å². The summed E-state index contributed by atoms with van der Waals surface area (Å²) in [5.74, 6) is 0.462. The second-order valence-corrected chi connectivity index (χ2v) is 5.74. The molecule has 3 N–H and O–H groups in total. The first-order chi connectivity index (χ1) is 9.49. The Bertz CT molecular complexity index is 493. The van der Waals surface area contributed by atoms with Crippen molar-refractivity contribution >= 4 is 11.6 Å². The lowest BCUT2D eigenvalue weighted by molar-refractivity contribution is 0.0538. The molecule has 1 saturated heterocycles. The van der Waals surface area contributed by atoms with Gasteiger partial charge < -0.3 is 15.8 Å². The highest BCUT2D eigenvalue weighted by molar-refractivity contribution is 5.96. The van der Waals surface area contributed by atoms with Gasteiger partial charge >= 0.3 is 0 Å². The molecule has 1 aromatic carbocycles. The molecule has 0 aliphatic carbocycles. The maximum Gasteiger partial charge on any atom is 0.251 e. The highest BCUT2D eigenvalue weighted by Crippen LogP contribution is 2.21. The lowest BCUT2D eigenvalue weighted by atomic mass is 9.92. The normalized spacial score (nSPS) is 17.8. The maximum absolute atomic E-state index is 12.4. The number of nitrogen functional groups attached to an aromatic ring is 1. The predicted molar refractivity (Wildman–Crippen MR) is 80.8 cm³/mol. The van der Waals surface area contributed by atoms with Crippen molar-refractivity contribution in [2.75, 3.05) is 18.9 Å². The van der Waals surface area contributed by atoms with Gasteiger partial charge in [0.05, 0.1) is 0 Å². The predicted octanol–water partition coefficient (Wildman–Crippen LogP) is 2.43. The fraction of sp³-hybridized carbons (Fsp3) is 0.562. The molecule has 1 atom stereocenters. The van der Waals surface area contributed by atoms with Gasteiger partial charge in [-0.15, -0.1) is 0 Å². The van der Waals surface area contributed by atoms with Crippen LogP contribution in [-0.2, 0) is 4.74 Å². The summed E-state index contributed by atoms with van der Waals surface area (Å²) in [7, 11) is 0. The van der Waals surface area contributed by atoms with Gasteiger partial charge in [0.25, 0.3) is 5.91 Å². The van der Waals surface area contributed by atoms with Gasteiger partial charge in [0, 0.05) is 30.5 Å². The number of hydrogen-bond donors (Lipinski definition) is 2. The molecule has 1 heterocycles. The highest BCUT2D eigenvalue weighted by atomic mass is 16.5. The first-order valence-corrected chi connectivity index (χ1v) is 7.24. The van der Waals surface area contributed by atoms with E-state index in [-0.39, 0.29) is 11.9 Å². The van der Waals surface area contributed by atoms with Gasteiger partial charge in [-0.2, -0.15) is 0 Å². The average Bonchev–Trinajstić information content (AvgIpc) is 2.43. The van der Waals surface area contributed by atoms with Gasteiger partial charge in [0.2, 0.25) is 0 Å². The molecule has 0 aromatic heterocycles. The molecular formula is C16H24N2O2. The third-order valence-electron chi connectivity index (χ3n) is 4.19. The number of carbonyl (C=O) groups excluding carboxylic acids is 1. The van der Waals surface area contributed by atoms with Crippen LogP contribution in [0.2, 0.25) is 0 Å². The van der Waals surface area contributed by atoms with Crippen LogP contribution in [0.4, 0.5) is 5.69 Å². The molecule has 2 rings (SSSR count). The molecule has 1 aliphatic heterocycles. The van der Waals surface area contributed by atoms with Crippen molar-refractivity contribution in [1.82, 2.24) is 5.32 Å². The van der Waals surface area contributed by atoms with E-state index in [0.717, 1.165) is 37.2 Å². The van der Waals surface area contributed by atoms with Gasteiger partial charge in [0.1, 0.15) is 0 Å². The number of nitrogens with one attached hydrogen (secondary N) is 1. The molecule has 0 spiro atoms. The van der Waals surface area contributed by atoms with Crippen molar-refractivity contribution in [2.24, 2.45) is 5.92 Å². The molecule has 20 heavy (non-hydrogen) atoms. The van der Waals surface area contributed by atoms with Gasteiger partial charge in [-0.05, 0) is 56.7 Å². The fourth-order valence-electron chi connectivity index (χ4n) is 2.73. The van der Waals surface area contributed by atoms with E-state index in [4.69, 9.17) is 10.5 Å². The minimum absolute atomic E-state index is 0.0341. The van der Waals surface area contributed by atoms with Crippen LogP contribution in [0.5, 0.6) is 0 Å². The first-order valence-electron chi connectivity index (χ1n) is 7.24. The van der Waals surface area contributed by atoms with E-state index in [0.29, 0.717) is 17.2 Å². The van der Waals surface area contributed by atoms with E-state index in [9.17, 15) is 4.79 Å². The minimum atomic E-state index is -0.0341. The van der Waals surface area contributed by atoms with E-state index in [2.05, 4.69) is 12.2 Å². The molecule has 1 amide bonds. The second-order valence-electron chi connectivity index (χ2n) is 5.74. The van der Waals surface area contributed by atoms with Crippen LogP contribution in [0.3, 0.4) is 0 Å². The summed E-state index contributed by atoms with van der Waals surface area (Å²) in [6.07, 6.45) is 2.02. The summed E-state index contributed by atoms with van der Waals surface area (Å²) in [6, 6.07) is 3.90. The topological polar surface area (TPSA) is 64.3 Å². The minimum Gasteiger partial charge on any atom is -0.398 e. The number of amides is 1. The lowest BCUT2D eigenvalue weighted by Crippen LogP contribution is -2.40. The largest absolute Gasteiger partial charge is 0.398 e. The number of aryl methyl sites for hydroxylation is 2. The molecule has 1 aromatic rings. The lowest BCUT2D eigenvalue weighted by Gasteiger charge is -2.28. The Morgan fingerprint density at radius 3 is 2.60 bits per heavy atom. The molecule has 0 saturated carbocycles. The Hall–Kier alpha value is -1.55. The zero-order valence-corrected chi connectivity index (χ0v) is 12.5. The molecule has 4 heteroatoms. The van der Waals surface area contributed by atoms with Gasteiger partial charge in [-0.25, -0.2) is 0 Å². The van der Waals surface area contributed by atoms with Crippen LogP contribution in [0.15, 0.2) is 12.1 Å². The molecule has 0 bridgehead atoms. The van der Waals surface area contributed by atoms with Crippen LogP contribution in [-0.4, -0.2) is 25.2 Å². The molecule has 1 fully saturated rings. The van der Waals surface area contributed by atoms with Crippen LogP contribution >= 0.6 is 0 Å². The summed E-state index contributed by atoms with van der Waals surface area (Å²) in [5, 5.41) is 3.10. The van der Waals surface area contributed by atoms with E-state index in [1.165, 1.54) is 0 Å². The summed E-state index contributed by atoms with van der Waals surface area (Å²) in [5.41, 5.74) is 9.22. The smallest absolute Gasteiger partial charge is 0.251 e. The van der Waals surface area contributed by atoms with Crippen molar-refractivity contribution in [3.05, 3.63) is 28.8 Å². The van der Waals surface area contributed by atoms with E-state index >= 15 is 0 Å². The SMILES string of the molecule is Cc1cc(C)c(C(=O)NC(C)C2CCOCC2)cc1N. The summed E-state index contributed by atoms with van der Waals surface area (Å²) in [4.78, 5) is 12.4. The van der Waals surface area contributed by atoms with E-state index in [1.54, 1.807) is 6.07 Å². The zero-order valence-electron chi connectivity index (χ0n) is 12.5. The molecule has 1 unspecified atom stereocenters.